The second-order valence-corrected chi connectivity index (χ2v) is 8.54. The summed E-state index contributed by atoms with van der Waals surface area (Å²) in [6, 6.07) is 10.1. The molecule has 2 rings (SSSR count). The summed E-state index contributed by atoms with van der Waals surface area (Å²) in [6.45, 7) is 4.57. The quantitative estimate of drug-likeness (QED) is 0.535. The molecular formula is C21H24F3N3O5S. The van der Waals surface area contributed by atoms with Crippen LogP contribution >= 0.6 is 0 Å². The summed E-state index contributed by atoms with van der Waals surface area (Å²) in [5, 5.41) is 2.60. The number of anilines is 1. The molecule has 0 saturated heterocycles. The Labute approximate surface area is 189 Å². The van der Waals surface area contributed by atoms with Crippen molar-refractivity contribution in [3.05, 3.63) is 54.1 Å². The Hall–Kier alpha value is -3.12. The molecule has 0 spiro atoms. The number of carbonyl (C=O) groups is 2. The lowest BCUT2D eigenvalue weighted by Gasteiger charge is -2.19. The normalized spacial score (nSPS) is 11.7. The number of carbonyl (C=O) groups excluding carboxylic acids is 2. The maximum Gasteiger partial charge on any atom is 0.573 e. The molecule has 0 aliphatic heterocycles. The van der Waals surface area contributed by atoms with Crippen molar-refractivity contribution in [3.63, 3.8) is 0 Å². The van der Waals surface area contributed by atoms with Crippen LogP contribution in [-0.4, -0.2) is 51.1 Å². The molecule has 0 heterocycles. The number of hydrogen-bond acceptors (Lipinski definition) is 5. The molecule has 0 atom stereocenters. The number of halogens is 3. The Morgan fingerprint density at radius 2 is 1.67 bits per heavy atom. The van der Waals surface area contributed by atoms with Gasteiger partial charge in [-0.3, -0.25) is 9.59 Å². The van der Waals surface area contributed by atoms with Crippen molar-refractivity contribution in [2.24, 2.45) is 0 Å². The first kappa shape index (κ1) is 26.1. The van der Waals surface area contributed by atoms with Crippen LogP contribution in [-0.2, 0) is 14.8 Å². The van der Waals surface area contributed by atoms with Crippen LogP contribution in [0.5, 0.6) is 5.75 Å². The van der Waals surface area contributed by atoms with Crippen LogP contribution in [0.4, 0.5) is 18.9 Å². The zero-order valence-electron chi connectivity index (χ0n) is 18.0. The number of rotatable bonds is 10. The minimum Gasteiger partial charge on any atom is -0.406 e. The number of nitrogens with one attached hydrogen (secondary N) is 2. The van der Waals surface area contributed by atoms with Gasteiger partial charge in [-0.25, -0.2) is 13.1 Å². The molecule has 12 heteroatoms. The molecule has 0 bridgehead atoms. The maximum atomic E-state index is 12.4. The summed E-state index contributed by atoms with van der Waals surface area (Å²) in [5.41, 5.74) is 0.802. The van der Waals surface area contributed by atoms with E-state index >= 15 is 0 Å². The van der Waals surface area contributed by atoms with E-state index in [-0.39, 0.29) is 23.8 Å². The lowest BCUT2D eigenvalue weighted by Crippen LogP contribution is -2.30. The number of amides is 2. The maximum absolute atomic E-state index is 12.4. The number of nitrogens with zero attached hydrogens (tertiary/aromatic N) is 1. The van der Waals surface area contributed by atoms with Gasteiger partial charge in [0.15, 0.2) is 0 Å². The summed E-state index contributed by atoms with van der Waals surface area (Å²) in [5.74, 6) is -1.21. The Kier molecular flexibility index (Phi) is 8.83. The van der Waals surface area contributed by atoms with Gasteiger partial charge in [-0.1, -0.05) is 6.07 Å². The lowest BCUT2D eigenvalue weighted by atomic mass is 10.1. The molecule has 0 unspecified atom stereocenters. The van der Waals surface area contributed by atoms with E-state index in [0.29, 0.717) is 24.3 Å². The first-order valence-corrected chi connectivity index (χ1v) is 11.5. The predicted molar refractivity (Wildman–Crippen MR) is 115 cm³/mol. The van der Waals surface area contributed by atoms with Crippen molar-refractivity contribution >= 4 is 27.5 Å². The summed E-state index contributed by atoms with van der Waals surface area (Å²) in [6.07, 6.45) is -5.09. The highest BCUT2D eigenvalue weighted by atomic mass is 32.2. The molecule has 180 valence electrons. The van der Waals surface area contributed by atoms with Gasteiger partial charge in [-0.2, -0.15) is 0 Å². The molecule has 0 fully saturated rings. The molecule has 2 amide bonds. The molecule has 0 aliphatic carbocycles. The van der Waals surface area contributed by atoms with Gasteiger partial charge < -0.3 is 15.0 Å². The van der Waals surface area contributed by atoms with Gasteiger partial charge in [0.1, 0.15) is 5.75 Å². The van der Waals surface area contributed by atoms with Gasteiger partial charge in [0, 0.05) is 37.3 Å². The molecule has 2 aromatic rings. The van der Waals surface area contributed by atoms with Crippen molar-refractivity contribution in [1.82, 2.24) is 9.62 Å². The number of ether oxygens (including phenoxy) is 1. The van der Waals surface area contributed by atoms with Crippen LogP contribution in [0.1, 0.15) is 30.6 Å². The van der Waals surface area contributed by atoms with Crippen LogP contribution in [0.3, 0.4) is 0 Å². The Morgan fingerprint density at radius 3 is 2.24 bits per heavy atom. The SMILES string of the molecule is CCN(CC)C(=O)c1cccc(NC(=O)CCNS(=O)(=O)c2ccc(OC(F)(F)F)cc2)c1. The van der Waals surface area contributed by atoms with Crippen LogP contribution in [0.25, 0.3) is 0 Å². The first-order chi connectivity index (χ1) is 15.4. The van der Waals surface area contributed by atoms with Crippen LogP contribution < -0.4 is 14.8 Å². The molecule has 8 nitrogen and oxygen atoms in total. The molecule has 0 saturated carbocycles. The topological polar surface area (TPSA) is 105 Å². The van der Waals surface area contributed by atoms with E-state index in [1.807, 2.05) is 13.8 Å². The zero-order chi connectivity index (χ0) is 24.6. The second-order valence-electron chi connectivity index (χ2n) is 6.77. The predicted octanol–water partition coefficient (Wildman–Crippen LogP) is 3.37. The molecule has 0 radical (unpaired) electrons. The van der Waals surface area contributed by atoms with Crippen molar-refractivity contribution in [2.45, 2.75) is 31.5 Å². The molecular weight excluding hydrogens is 463 g/mol. The van der Waals surface area contributed by atoms with E-state index in [1.165, 1.54) is 6.07 Å². The van der Waals surface area contributed by atoms with Gasteiger partial charge in [-0.15, -0.1) is 13.2 Å². The van der Waals surface area contributed by atoms with E-state index in [9.17, 15) is 31.2 Å². The van der Waals surface area contributed by atoms with Crippen LogP contribution in [0, 0.1) is 0 Å². The summed E-state index contributed by atoms with van der Waals surface area (Å²) in [7, 11) is -4.04. The number of hydrogen-bond donors (Lipinski definition) is 2. The van der Waals surface area contributed by atoms with Crippen molar-refractivity contribution < 1.29 is 35.9 Å². The number of benzene rings is 2. The third-order valence-corrected chi connectivity index (χ3v) is 5.93. The third-order valence-electron chi connectivity index (χ3n) is 4.46. The largest absolute Gasteiger partial charge is 0.573 e. The highest BCUT2D eigenvalue weighted by Crippen LogP contribution is 2.23. The fraction of sp³-hybridized carbons (Fsp3) is 0.333. The van der Waals surface area contributed by atoms with Crippen LogP contribution in [0.2, 0.25) is 0 Å². The molecule has 2 aromatic carbocycles. The highest BCUT2D eigenvalue weighted by Gasteiger charge is 2.31. The van der Waals surface area contributed by atoms with Gasteiger partial charge >= 0.3 is 6.36 Å². The minimum absolute atomic E-state index is 0.171. The summed E-state index contributed by atoms with van der Waals surface area (Å²) < 4.78 is 67.0. The summed E-state index contributed by atoms with van der Waals surface area (Å²) >= 11 is 0. The fourth-order valence-corrected chi connectivity index (χ4v) is 3.88. The Morgan fingerprint density at radius 1 is 1.03 bits per heavy atom. The van der Waals surface area contributed by atoms with E-state index < -0.39 is 28.0 Å². The number of sulfonamides is 1. The average molecular weight is 488 g/mol. The number of alkyl halides is 3. The van der Waals surface area contributed by atoms with Crippen LogP contribution in [0.15, 0.2) is 53.4 Å². The molecule has 33 heavy (non-hydrogen) atoms. The van der Waals surface area contributed by atoms with E-state index in [0.717, 1.165) is 24.3 Å². The van der Waals surface area contributed by atoms with Gasteiger partial charge in [0.2, 0.25) is 15.9 Å². The van der Waals surface area contributed by atoms with Gasteiger partial charge in [-0.05, 0) is 56.3 Å². The standard InChI is InChI=1S/C21H24F3N3O5S/c1-3-27(4-2)20(29)15-6-5-7-16(14-15)26-19(28)12-13-25-33(30,31)18-10-8-17(9-11-18)32-21(22,23)24/h5-11,14,25H,3-4,12-13H2,1-2H3,(H,26,28). The molecule has 0 aromatic heterocycles. The molecule has 2 N–H and O–H groups in total. The minimum atomic E-state index is -4.88. The first-order valence-electron chi connectivity index (χ1n) is 10.00. The second kappa shape index (κ2) is 11.1. The average Bonchev–Trinajstić information content (AvgIpc) is 2.74. The molecule has 0 aliphatic rings. The van der Waals surface area contributed by atoms with Gasteiger partial charge in [0.25, 0.3) is 5.91 Å². The van der Waals surface area contributed by atoms with Gasteiger partial charge in [0.05, 0.1) is 4.90 Å². The van der Waals surface area contributed by atoms with E-state index in [1.54, 1.807) is 23.1 Å². The van der Waals surface area contributed by atoms with Crippen molar-refractivity contribution in [2.75, 3.05) is 25.0 Å². The van der Waals surface area contributed by atoms with E-state index in [2.05, 4.69) is 14.8 Å². The monoisotopic (exact) mass is 487 g/mol. The Bertz CT molecular complexity index is 1070. The highest BCUT2D eigenvalue weighted by molar-refractivity contribution is 7.89. The van der Waals surface area contributed by atoms with Crippen molar-refractivity contribution in [3.8, 4) is 5.75 Å². The van der Waals surface area contributed by atoms with Crippen molar-refractivity contribution in [1.29, 1.82) is 0 Å². The zero-order valence-corrected chi connectivity index (χ0v) is 18.8. The third kappa shape index (κ3) is 8.06. The lowest BCUT2D eigenvalue weighted by molar-refractivity contribution is -0.274. The van der Waals surface area contributed by atoms with E-state index in [4.69, 9.17) is 0 Å². The smallest absolute Gasteiger partial charge is 0.406 e. The fourth-order valence-electron chi connectivity index (χ4n) is 2.85. The Balaban J connectivity index is 1.91. The summed E-state index contributed by atoms with van der Waals surface area (Å²) in [4.78, 5) is 26.0.